The van der Waals surface area contributed by atoms with Crippen molar-refractivity contribution in [2.24, 2.45) is 11.8 Å². The van der Waals surface area contributed by atoms with Gasteiger partial charge in [0.2, 0.25) is 11.8 Å². The molecular weight excluding hydrogens is 204 g/mol. The molecule has 16 heavy (non-hydrogen) atoms. The number of hydrogen-bond donors (Lipinski definition) is 1. The third kappa shape index (κ3) is 2.54. The number of likely N-dealkylation sites (tertiary alicyclic amines) is 1. The van der Waals surface area contributed by atoms with Gasteiger partial charge in [0, 0.05) is 37.4 Å². The van der Waals surface area contributed by atoms with Gasteiger partial charge in [-0.25, -0.2) is 0 Å². The van der Waals surface area contributed by atoms with Crippen molar-refractivity contribution in [2.75, 3.05) is 13.1 Å². The Morgan fingerprint density at radius 2 is 2.19 bits per heavy atom. The van der Waals surface area contributed by atoms with Crippen LogP contribution in [0.1, 0.15) is 33.1 Å². The topological polar surface area (TPSA) is 49.4 Å². The van der Waals surface area contributed by atoms with Crippen molar-refractivity contribution in [3.8, 4) is 0 Å². The molecule has 4 heteroatoms. The molecule has 1 aliphatic heterocycles. The van der Waals surface area contributed by atoms with E-state index in [4.69, 9.17) is 0 Å². The second kappa shape index (κ2) is 4.44. The molecule has 1 heterocycles. The van der Waals surface area contributed by atoms with Crippen LogP contribution in [0.3, 0.4) is 0 Å². The van der Waals surface area contributed by atoms with Gasteiger partial charge in [0.05, 0.1) is 0 Å². The molecule has 1 saturated heterocycles. The number of carbonyl (C=O) groups is 2. The Morgan fingerprint density at radius 3 is 2.75 bits per heavy atom. The number of rotatable bonds is 4. The second-order valence-corrected chi connectivity index (χ2v) is 5.25. The van der Waals surface area contributed by atoms with Crippen LogP contribution in [-0.4, -0.2) is 35.8 Å². The summed E-state index contributed by atoms with van der Waals surface area (Å²) in [7, 11) is 0. The molecule has 1 N–H and O–H groups in total. The average molecular weight is 224 g/mol. The highest BCUT2D eigenvalue weighted by Crippen LogP contribution is 2.32. The molecule has 1 unspecified atom stereocenters. The Kier molecular flexibility index (Phi) is 3.17. The first kappa shape index (κ1) is 11.4. The SMILES string of the molecule is CC(C)C(=O)NCC1CC(=O)N(C2CC2)C1. The molecule has 2 rings (SSSR count). The lowest BCUT2D eigenvalue weighted by atomic mass is 10.1. The van der Waals surface area contributed by atoms with Crippen molar-refractivity contribution in [1.82, 2.24) is 10.2 Å². The number of nitrogens with one attached hydrogen (secondary N) is 1. The quantitative estimate of drug-likeness (QED) is 0.766. The van der Waals surface area contributed by atoms with Crippen LogP contribution in [0.5, 0.6) is 0 Å². The number of hydrogen-bond acceptors (Lipinski definition) is 2. The summed E-state index contributed by atoms with van der Waals surface area (Å²) in [5.74, 6) is 0.691. The monoisotopic (exact) mass is 224 g/mol. The first-order chi connectivity index (χ1) is 7.58. The van der Waals surface area contributed by atoms with Gasteiger partial charge in [-0.2, -0.15) is 0 Å². The largest absolute Gasteiger partial charge is 0.356 e. The van der Waals surface area contributed by atoms with E-state index in [1.165, 1.54) is 0 Å². The summed E-state index contributed by atoms with van der Waals surface area (Å²) in [5.41, 5.74) is 0. The summed E-state index contributed by atoms with van der Waals surface area (Å²) in [5, 5.41) is 2.91. The molecule has 4 nitrogen and oxygen atoms in total. The highest BCUT2D eigenvalue weighted by molar-refractivity contribution is 5.80. The van der Waals surface area contributed by atoms with Crippen LogP contribution in [0.2, 0.25) is 0 Å². The molecule has 0 spiro atoms. The van der Waals surface area contributed by atoms with E-state index < -0.39 is 0 Å². The summed E-state index contributed by atoms with van der Waals surface area (Å²) in [4.78, 5) is 25.0. The minimum Gasteiger partial charge on any atom is -0.356 e. The van der Waals surface area contributed by atoms with Crippen LogP contribution in [0.25, 0.3) is 0 Å². The molecule has 2 amide bonds. The summed E-state index contributed by atoms with van der Waals surface area (Å²) >= 11 is 0. The van der Waals surface area contributed by atoms with E-state index in [1.807, 2.05) is 18.7 Å². The molecule has 0 aromatic rings. The molecule has 1 saturated carbocycles. The predicted octanol–water partition coefficient (Wildman–Crippen LogP) is 0.769. The van der Waals surface area contributed by atoms with Crippen molar-refractivity contribution >= 4 is 11.8 Å². The van der Waals surface area contributed by atoms with Crippen LogP contribution in [-0.2, 0) is 9.59 Å². The van der Waals surface area contributed by atoms with E-state index in [-0.39, 0.29) is 17.7 Å². The molecule has 1 atom stereocenters. The van der Waals surface area contributed by atoms with Crippen molar-refractivity contribution < 1.29 is 9.59 Å². The van der Waals surface area contributed by atoms with Gasteiger partial charge in [-0.3, -0.25) is 9.59 Å². The number of carbonyl (C=O) groups excluding carboxylic acids is 2. The molecular formula is C12H20N2O2. The Labute approximate surface area is 96.4 Å². The lowest BCUT2D eigenvalue weighted by Gasteiger charge is -2.16. The molecule has 2 fully saturated rings. The molecule has 0 radical (unpaired) electrons. The van der Waals surface area contributed by atoms with Crippen molar-refractivity contribution in [2.45, 2.75) is 39.2 Å². The summed E-state index contributed by atoms with van der Waals surface area (Å²) in [6, 6.07) is 0.512. The van der Waals surface area contributed by atoms with E-state index in [0.717, 1.165) is 19.4 Å². The predicted molar refractivity (Wildman–Crippen MR) is 60.7 cm³/mol. The normalized spacial score (nSPS) is 25.3. The fourth-order valence-corrected chi connectivity index (χ4v) is 2.13. The first-order valence-electron chi connectivity index (χ1n) is 6.15. The van der Waals surface area contributed by atoms with Gasteiger partial charge in [0.1, 0.15) is 0 Å². The standard InChI is InChI=1S/C12H20N2O2/c1-8(2)12(16)13-6-9-5-11(15)14(7-9)10-3-4-10/h8-10H,3-7H2,1-2H3,(H,13,16). The van der Waals surface area contributed by atoms with Gasteiger partial charge in [0.25, 0.3) is 0 Å². The Hall–Kier alpha value is -1.06. The van der Waals surface area contributed by atoms with Crippen LogP contribution in [0, 0.1) is 11.8 Å². The molecule has 0 bridgehead atoms. The van der Waals surface area contributed by atoms with Gasteiger partial charge in [0.15, 0.2) is 0 Å². The fourth-order valence-electron chi connectivity index (χ4n) is 2.13. The zero-order valence-electron chi connectivity index (χ0n) is 10.0. The van der Waals surface area contributed by atoms with E-state index in [0.29, 0.717) is 24.9 Å². The second-order valence-electron chi connectivity index (χ2n) is 5.25. The number of nitrogens with zero attached hydrogens (tertiary/aromatic N) is 1. The van der Waals surface area contributed by atoms with E-state index in [2.05, 4.69) is 5.32 Å². The molecule has 1 aliphatic carbocycles. The fraction of sp³-hybridized carbons (Fsp3) is 0.833. The maximum Gasteiger partial charge on any atom is 0.223 e. The zero-order valence-corrected chi connectivity index (χ0v) is 10.0. The van der Waals surface area contributed by atoms with E-state index in [9.17, 15) is 9.59 Å². The molecule has 90 valence electrons. The third-order valence-corrected chi connectivity index (χ3v) is 3.32. The van der Waals surface area contributed by atoms with Gasteiger partial charge < -0.3 is 10.2 Å². The zero-order chi connectivity index (χ0) is 11.7. The van der Waals surface area contributed by atoms with Crippen molar-refractivity contribution in [3.63, 3.8) is 0 Å². The minimum atomic E-state index is 0.0247. The van der Waals surface area contributed by atoms with Crippen molar-refractivity contribution in [1.29, 1.82) is 0 Å². The Balaban J connectivity index is 1.75. The molecule has 2 aliphatic rings. The summed E-state index contributed by atoms with van der Waals surface area (Å²) < 4.78 is 0. The summed E-state index contributed by atoms with van der Waals surface area (Å²) in [6.45, 7) is 5.24. The van der Waals surface area contributed by atoms with Crippen molar-refractivity contribution in [3.05, 3.63) is 0 Å². The Morgan fingerprint density at radius 1 is 1.50 bits per heavy atom. The molecule has 0 aromatic heterocycles. The smallest absolute Gasteiger partial charge is 0.223 e. The minimum absolute atomic E-state index is 0.0247. The van der Waals surface area contributed by atoms with E-state index >= 15 is 0 Å². The van der Waals surface area contributed by atoms with Gasteiger partial charge >= 0.3 is 0 Å². The molecule has 0 aromatic carbocycles. The van der Waals surface area contributed by atoms with Gasteiger partial charge in [-0.05, 0) is 12.8 Å². The van der Waals surface area contributed by atoms with Crippen LogP contribution in [0.4, 0.5) is 0 Å². The Bertz CT molecular complexity index is 297. The van der Waals surface area contributed by atoms with E-state index in [1.54, 1.807) is 0 Å². The maximum atomic E-state index is 11.7. The first-order valence-corrected chi connectivity index (χ1v) is 6.15. The van der Waals surface area contributed by atoms with Crippen LogP contribution >= 0.6 is 0 Å². The third-order valence-electron chi connectivity index (χ3n) is 3.32. The average Bonchev–Trinajstić information content (AvgIpc) is 3.00. The highest BCUT2D eigenvalue weighted by Gasteiger charge is 2.39. The van der Waals surface area contributed by atoms with Crippen LogP contribution < -0.4 is 5.32 Å². The highest BCUT2D eigenvalue weighted by atomic mass is 16.2. The lowest BCUT2D eigenvalue weighted by Crippen LogP contribution is -2.34. The maximum absolute atomic E-state index is 11.7. The number of amides is 2. The van der Waals surface area contributed by atoms with Gasteiger partial charge in [-0.15, -0.1) is 0 Å². The lowest BCUT2D eigenvalue weighted by molar-refractivity contribution is -0.128. The summed E-state index contributed by atoms with van der Waals surface area (Å²) in [6.07, 6.45) is 2.93. The van der Waals surface area contributed by atoms with Gasteiger partial charge in [-0.1, -0.05) is 13.8 Å². The van der Waals surface area contributed by atoms with Crippen LogP contribution in [0.15, 0.2) is 0 Å².